The van der Waals surface area contributed by atoms with Gasteiger partial charge in [-0.25, -0.2) is 4.99 Å². The number of aliphatic imine (C=N–C) groups is 1. The molecule has 0 saturated carbocycles. The number of hydrogen-bond donors (Lipinski definition) is 2. The second kappa shape index (κ2) is 14.7. The summed E-state index contributed by atoms with van der Waals surface area (Å²) in [6.45, 7) is 4.94. The van der Waals surface area contributed by atoms with Crippen molar-refractivity contribution in [3.63, 3.8) is 0 Å². The predicted octanol–water partition coefficient (Wildman–Crippen LogP) is 3.32. The molecule has 1 heterocycles. The van der Waals surface area contributed by atoms with Crippen molar-refractivity contribution >= 4 is 29.9 Å². The Bertz CT molecular complexity index is 600. The van der Waals surface area contributed by atoms with Gasteiger partial charge in [-0.1, -0.05) is 18.2 Å². The molecule has 0 radical (unpaired) electrons. The first-order valence-corrected chi connectivity index (χ1v) is 9.88. The van der Waals surface area contributed by atoms with E-state index in [0.29, 0.717) is 17.4 Å². The summed E-state index contributed by atoms with van der Waals surface area (Å²) in [5.74, 6) is 1.45. The fourth-order valence-corrected chi connectivity index (χ4v) is 3.23. The minimum atomic E-state index is -2.84. The average molecular weight is 526 g/mol. The topological polar surface area (TPSA) is 58.1 Å². The van der Waals surface area contributed by atoms with Crippen LogP contribution in [0.2, 0.25) is 0 Å². The molecule has 1 aliphatic heterocycles. The number of nitrogens with zero attached hydrogens (tertiary/aromatic N) is 2. The quantitative estimate of drug-likeness (QED) is 0.279. The second-order valence-electron chi connectivity index (χ2n) is 6.84. The number of para-hydroxylation sites is 1. The normalized spacial score (nSPS) is 15.8. The molecule has 0 aliphatic carbocycles. The Labute approximate surface area is 189 Å². The molecule has 0 amide bonds. The zero-order valence-electron chi connectivity index (χ0n) is 17.2. The Hall–Kier alpha value is -1.20. The highest BCUT2D eigenvalue weighted by molar-refractivity contribution is 14.0. The summed E-state index contributed by atoms with van der Waals surface area (Å²) in [6, 6.07) is 6.75. The summed E-state index contributed by atoms with van der Waals surface area (Å²) in [7, 11) is 1.73. The van der Waals surface area contributed by atoms with Gasteiger partial charge in [0.2, 0.25) is 0 Å². The van der Waals surface area contributed by atoms with Gasteiger partial charge < -0.3 is 25.0 Å². The van der Waals surface area contributed by atoms with E-state index >= 15 is 0 Å². The fourth-order valence-electron chi connectivity index (χ4n) is 3.23. The van der Waals surface area contributed by atoms with Crippen LogP contribution in [0.15, 0.2) is 29.3 Å². The number of halogens is 3. The molecule has 2 N–H and O–H groups in total. The summed E-state index contributed by atoms with van der Waals surface area (Å²) in [5.41, 5.74) is 0.631. The number of rotatable bonds is 10. The lowest BCUT2D eigenvalue weighted by atomic mass is 9.97. The van der Waals surface area contributed by atoms with Crippen LogP contribution in [0.1, 0.15) is 25.3 Å². The van der Waals surface area contributed by atoms with Gasteiger partial charge in [0.05, 0.1) is 13.2 Å². The van der Waals surface area contributed by atoms with Crippen LogP contribution in [0.4, 0.5) is 8.78 Å². The van der Waals surface area contributed by atoms with Gasteiger partial charge in [0.1, 0.15) is 5.75 Å². The van der Waals surface area contributed by atoms with Gasteiger partial charge in [0, 0.05) is 32.3 Å². The van der Waals surface area contributed by atoms with Gasteiger partial charge in [0.25, 0.3) is 0 Å². The molecule has 2 rings (SSSR count). The van der Waals surface area contributed by atoms with Crippen molar-refractivity contribution in [2.24, 2.45) is 10.9 Å². The number of alkyl halides is 2. The Kier molecular flexibility index (Phi) is 13.1. The molecule has 0 aromatic heterocycles. The van der Waals surface area contributed by atoms with Crippen LogP contribution in [-0.2, 0) is 11.3 Å². The molecular formula is C20H33F2IN4O2. The van der Waals surface area contributed by atoms with Crippen LogP contribution in [0.3, 0.4) is 0 Å². The first-order chi connectivity index (χ1) is 13.6. The lowest BCUT2D eigenvalue weighted by Gasteiger charge is -2.32. The Morgan fingerprint density at radius 2 is 1.97 bits per heavy atom. The molecule has 1 aromatic rings. The summed E-state index contributed by atoms with van der Waals surface area (Å²) in [6.07, 6.45) is 2.28. The molecule has 0 spiro atoms. The molecule has 6 nitrogen and oxygen atoms in total. The number of likely N-dealkylation sites (tertiary alicyclic amines) is 1. The molecule has 0 bridgehead atoms. The van der Waals surface area contributed by atoms with Gasteiger partial charge in [-0.2, -0.15) is 8.78 Å². The van der Waals surface area contributed by atoms with E-state index in [9.17, 15) is 8.78 Å². The third kappa shape index (κ3) is 9.90. The lowest BCUT2D eigenvalue weighted by Crippen LogP contribution is -2.43. The Morgan fingerprint density at radius 3 is 2.62 bits per heavy atom. The number of methoxy groups -OCH3 is 1. The van der Waals surface area contributed by atoms with Crippen LogP contribution < -0.4 is 15.4 Å². The summed E-state index contributed by atoms with van der Waals surface area (Å²) < 4.78 is 34.8. The zero-order chi connectivity index (χ0) is 20.2. The highest BCUT2D eigenvalue weighted by atomic mass is 127. The first kappa shape index (κ1) is 25.8. The van der Waals surface area contributed by atoms with Gasteiger partial charge in [-0.15, -0.1) is 24.0 Å². The third-order valence-corrected chi connectivity index (χ3v) is 4.82. The van der Waals surface area contributed by atoms with Crippen LogP contribution in [0.25, 0.3) is 0 Å². The summed E-state index contributed by atoms with van der Waals surface area (Å²) >= 11 is 0. The molecule has 0 atom stereocenters. The number of ether oxygens (including phenoxy) is 2. The van der Waals surface area contributed by atoms with E-state index in [0.717, 1.165) is 52.2 Å². The molecule has 29 heavy (non-hydrogen) atoms. The number of benzene rings is 1. The molecule has 1 aromatic carbocycles. The predicted molar refractivity (Wildman–Crippen MR) is 122 cm³/mol. The van der Waals surface area contributed by atoms with Crippen molar-refractivity contribution in [3.8, 4) is 5.75 Å². The van der Waals surface area contributed by atoms with Gasteiger partial charge in [-0.05, 0) is 44.8 Å². The Balaban J connectivity index is 0.00000420. The van der Waals surface area contributed by atoms with E-state index in [2.05, 4.69) is 25.3 Å². The summed E-state index contributed by atoms with van der Waals surface area (Å²) in [4.78, 5) is 6.96. The second-order valence-corrected chi connectivity index (χ2v) is 6.84. The van der Waals surface area contributed by atoms with E-state index in [1.165, 1.54) is 6.07 Å². The van der Waals surface area contributed by atoms with Crippen molar-refractivity contribution < 1.29 is 18.3 Å². The van der Waals surface area contributed by atoms with Gasteiger partial charge in [0.15, 0.2) is 5.96 Å². The van der Waals surface area contributed by atoms with Crippen LogP contribution >= 0.6 is 24.0 Å². The largest absolute Gasteiger partial charge is 0.434 e. The van der Waals surface area contributed by atoms with Crippen molar-refractivity contribution in [2.75, 3.05) is 46.4 Å². The summed E-state index contributed by atoms with van der Waals surface area (Å²) in [5, 5.41) is 6.60. The van der Waals surface area contributed by atoms with Crippen LogP contribution in [0, 0.1) is 5.92 Å². The van der Waals surface area contributed by atoms with Crippen molar-refractivity contribution in [1.29, 1.82) is 0 Å². The first-order valence-electron chi connectivity index (χ1n) is 9.88. The molecule has 166 valence electrons. The minimum absolute atomic E-state index is 0. The lowest BCUT2D eigenvalue weighted by molar-refractivity contribution is -0.0504. The molecule has 1 saturated heterocycles. The maximum atomic E-state index is 12.5. The monoisotopic (exact) mass is 526 g/mol. The van der Waals surface area contributed by atoms with E-state index in [1.807, 2.05) is 6.92 Å². The van der Waals surface area contributed by atoms with E-state index in [1.54, 1.807) is 25.3 Å². The van der Waals surface area contributed by atoms with E-state index in [-0.39, 0.29) is 36.3 Å². The maximum absolute atomic E-state index is 12.5. The zero-order valence-corrected chi connectivity index (χ0v) is 19.5. The Morgan fingerprint density at radius 1 is 1.24 bits per heavy atom. The SMILES string of the molecule is CCNC(=NCc1ccccc1OC(F)F)NCC1CCN(CCOC)CC1.I. The van der Waals surface area contributed by atoms with Crippen LogP contribution in [0.5, 0.6) is 5.75 Å². The van der Waals surface area contributed by atoms with Crippen LogP contribution in [-0.4, -0.2) is 63.9 Å². The van der Waals surface area contributed by atoms with Crippen molar-refractivity contribution in [1.82, 2.24) is 15.5 Å². The van der Waals surface area contributed by atoms with E-state index in [4.69, 9.17) is 4.74 Å². The number of guanidine groups is 1. The van der Waals surface area contributed by atoms with Gasteiger partial charge in [-0.3, -0.25) is 0 Å². The average Bonchev–Trinajstić information content (AvgIpc) is 2.70. The number of nitrogens with one attached hydrogen (secondary N) is 2. The standard InChI is InChI=1S/C20H32F2N4O2.HI/c1-3-23-20(24-14-16-8-10-26(11-9-16)12-13-27-2)25-15-17-6-4-5-7-18(17)28-19(21)22;/h4-7,16,19H,3,8-15H2,1-2H3,(H2,23,24,25);1H. The maximum Gasteiger partial charge on any atom is 0.387 e. The highest BCUT2D eigenvalue weighted by Gasteiger charge is 2.19. The number of piperidine rings is 1. The van der Waals surface area contributed by atoms with Gasteiger partial charge >= 0.3 is 6.61 Å². The van der Waals surface area contributed by atoms with E-state index < -0.39 is 6.61 Å². The van der Waals surface area contributed by atoms with Crippen molar-refractivity contribution in [3.05, 3.63) is 29.8 Å². The molecule has 1 fully saturated rings. The molecule has 9 heteroatoms. The van der Waals surface area contributed by atoms with Crippen molar-refractivity contribution in [2.45, 2.75) is 32.9 Å². The number of hydrogen-bond acceptors (Lipinski definition) is 4. The smallest absolute Gasteiger partial charge is 0.387 e. The third-order valence-electron chi connectivity index (χ3n) is 4.82. The molecule has 0 unspecified atom stereocenters. The molecular weight excluding hydrogens is 493 g/mol. The fraction of sp³-hybridized carbons (Fsp3) is 0.650. The highest BCUT2D eigenvalue weighted by Crippen LogP contribution is 2.21. The minimum Gasteiger partial charge on any atom is -0.434 e. The molecule has 1 aliphatic rings.